The highest BCUT2D eigenvalue weighted by molar-refractivity contribution is 6.37. The molecule has 5 rings (SSSR count). The predicted octanol–water partition coefficient (Wildman–Crippen LogP) is 3.60. The fourth-order valence-electron chi connectivity index (χ4n) is 5.12. The summed E-state index contributed by atoms with van der Waals surface area (Å²) >= 11 is 6.57. The van der Waals surface area contributed by atoms with Crippen LogP contribution in [-0.4, -0.2) is 64.6 Å². The van der Waals surface area contributed by atoms with Gasteiger partial charge in [-0.25, -0.2) is 0 Å². The summed E-state index contributed by atoms with van der Waals surface area (Å²) in [6.45, 7) is 5.44. The highest BCUT2D eigenvalue weighted by atomic mass is 35.5. The molecule has 3 heterocycles. The van der Waals surface area contributed by atoms with E-state index < -0.39 is 0 Å². The van der Waals surface area contributed by atoms with E-state index in [4.69, 9.17) is 16.3 Å². The molecule has 9 heteroatoms. The molecule has 3 aromatic rings. The first-order valence-electron chi connectivity index (χ1n) is 11.6. The van der Waals surface area contributed by atoms with Crippen molar-refractivity contribution in [1.29, 1.82) is 0 Å². The molecule has 0 unspecified atom stereocenters. The molecule has 2 aromatic carbocycles. The maximum Gasteiger partial charge on any atom is 0.272 e. The molecule has 1 fully saturated rings. The Morgan fingerprint density at radius 1 is 1.29 bits per heavy atom. The molecular weight excluding hydrogens is 454 g/mol. The normalized spacial score (nSPS) is 17.9. The van der Waals surface area contributed by atoms with Crippen LogP contribution in [-0.2, 0) is 13.1 Å². The molecular formula is C25H28ClN5O3. The second kappa shape index (κ2) is 9.27. The number of likely N-dealkylation sites (N-methyl/N-ethyl adjacent to an activating group) is 1. The summed E-state index contributed by atoms with van der Waals surface area (Å²) in [6, 6.07) is 9.79. The molecule has 178 valence electrons. The van der Waals surface area contributed by atoms with E-state index in [9.17, 15) is 9.59 Å². The Kier molecular flexibility index (Phi) is 6.18. The van der Waals surface area contributed by atoms with Gasteiger partial charge in [0, 0.05) is 23.5 Å². The van der Waals surface area contributed by atoms with Crippen molar-refractivity contribution in [2.24, 2.45) is 0 Å². The van der Waals surface area contributed by atoms with Gasteiger partial charge in [-0.1, -0.05) is 42.8 Å². The minimum absolute atomic E-state index is 0.204. The molecule has 8 nitrogen and oxygen atoms in total. The summed E-state index contributed by atoms with van der Waals surface area (Å²) in [5, 5.41) is 12.3. The molecule has 2 aliphatic heterocycles. The second-order valence-corrected chi connectivity index (χ2v) is 9.20. The third-order valence-corrected chi connectivity index (χ3v) is 7.31. The molecule has 0 spiro atoms. The number of hydrogen-bond donors (Lipinski definition) is 2. The van der Waals surface area contributed by atoms with Gasteiger partial charge in [-0.3, -0.25) is 19.6 Å². The van der Waals surface area contributed by atoms with Gasteiger partial charge in [-0.05, 0) is 37.4 Å². The van der Waals surface area contributed by atoms with E-state index in [2.05, 4.69) is 27.3 Å². The maximum absolute atomic E-state index is 13.5. The number of carbonyl (C=O) groups excluding carboxylic acids is 2. The van der Waals surface area contributed by atoms with Gasteiger partial charge in [0.1, 0.15) is 0 Å². The number of nitrogens with one attached hydrogen (secondary N) is 2. The zero-order valence-electron chi connectivity index (χ0n) is 19.4. The van der Waals surface area contributed by atoms with Gasteiger partial charge in [0.05, 0.1) is 36.5 Å². The molecule has 34 heavy (non-hydrogen) atoms. The van der Waals surface area contributed by atoms with Crippen LogP contribution in [0.4, 0.5) is 0 Å². The van der Waals surface area contributed by atoms with Crippen LogP contribution >= 0.6 is 11.6 Å². The van der Waals surface area contributed by atoms with Crippen LogP contribution in [0.3, 0.4) is 0 Å². The largest absolute Gasteiger partial charge is 0.494 e. The first-order valence-corrected chi connectivity index (χ1v) is 12.0. The molecule has 0 bridgehead atoms. The summed E-state index contributed by atoms with van der Waals surface area (Å²) < 4.78 is 5.52. The summed E-state index contributed by atoms with van der Waals surface area (Å²) in [6.07, 6.45) is 2.25. The van der Waals surface area contributed by atoms with Crippen LogP contribution in [0.5, 0.6) is 5.75 Å². The van der Waals surface area contributed by atoms with Gasteiger partial charge in [-0.15, -0.1) is 0 Å². The number of ether oxygens (including phenoxy) is 1. The number of fused-ring (bicyclic) bond motifs is 2. The minimum Gasteiger partial charge on any atom is -0.494 e. The first kappa shape index (κ1) is 22.7. The molecule has 2 amide bonds. The van der Waals surface area contributed by atoms with Crippen molar-refractivity contribution < 1.29 is 14.3 Å². The first-order chi connectivity index (χ1) is 16.5. The van der Waals surface area contributed by atoms with Crippen molar-refractivity contribution in [3.8, 4) is 5.75 Å². The number of aromatic amines is 1. The van der Waals surface area contributed by atoms with Crippen molar-refractivity contribution >= 4 is 34.2 Å². The highest BCUT2D eigenvalue weighted by Gasteiger charge is 2.33. The number of nitrogens with zero attached hydrogens (tertiary/aromatic N) is 3. The molecule has 1 atom stereocenters. The standard InChI is InChI=1S/C25H28ClN5O3/c1-3-30-10-6-8-16(30)12-27-24(32)22-19-13-31(14-20(19)28-29-22)25(33)18-11-15-7-4-5-9-17(15)21(26)23(18)34-2/h4-5,7,9,11,16H,3,6,8,10,12-14H2,1-2H3,(H,27,32)(H,28,29)/t16-/m1/s1. The monoisotopic (exact) mass is 481 g/mol. The van der Waals surface area contributed by atoms with Crippen LogP contribution in [0, 0.1) is 0 Å². The van der Waals surface area contributed by atoms with Gasteiger partial charge in [-0.2, -0.15) is 5.10 Å². The molecule has 0 aliphatic carbocycles. The number of halogens is 1. The second-order valence-electron chi connectivity index (χ2n) is 8.82. The van der Waals surface area contributed by atoms with E-state index in [0.29, 0.717) is 47.7 Å². The smallest absolute Gasteiger partial charge is 0.272 e. The Bertz CT molecular complexity index is 1260. The fourth-order valence-corrected chi connectivity index (χ4v) is 5.47. The third kappa shape index (κ3) is 3.91. The van der Waals surface area contributed by atoms with E-state index in [1.54, 1.807) is 4.90 Å². The summed E-state index contributed by atoms with van der Waals surface area (Å²) in [7, 11) is 1.51. The number of methoxy groups -OCH3 is 1. The van der Waals surface area contributed by atoms with Crippen LogP contribution in [0.2, 0.25) is 5.02 Å². The molecule has 2 aliphatic rings. The lowest BCUT2D eigenvalue weighted by Gasteiger charge is -2.22. The van der Waals surface area contributed by atoms with Gasteiger partial charge in [0.25, 0.3) is 11.8 Å². The minimum atomic E-state index is -0.207. The fraction of sp³-hybridized carbons (Fsp3) is 0.400. The van der Waals surface area contributed by atoms with Crippen LogP contribution in [0.1, 0.15) is 51.9 Å². The van der Waals surface area contributed by atoms with E-state index in [1.165, 1.54) is 7.11 Å². The van der Waals surface area contributed by atoms with Gasteiger partial charge < -0.3 is 15.0 Å². The average Bonchev–Trinajstić information content (AvgIpc) is 3.57. The van der Waals surface area contributed by atoms with E-state index >= 15 is 0 Å². The Morgan fingerprint density at radius 3 is 2.91 bits per heavy atom. The molecule has 0 saturated carbocycles. The van der Waals surface area contributed by atoms with Gasteiger partial charge in [0.2, 0.25) is 0 Å². The highest BCUT2D eigenvalue weighted by Crippen LogP contribution is 2.38. The van der Waals surface area contributed by atoms with Crippen LogP contribution < -0.4 is 10.1 Å². The Hall–Kier alpha value is -3.10. The van der Waals surface area contributed by atoms with Crippen LogP contribution in [0.15, 0.2) is 30.3 Å². The van der Waals surface area contributed by atoms with Crippen molar-refractivity contribution in [2.75, 3.05) is 26.7 Å². The van der Waals surface area contributed by atoms with Crippen molar-refractivity contribution in [3.05, 3.63) is 57.9 Å². The number of carbonyl (C=O) groups is 2. The lowest BCUT2D eigenvalue weighted by Crippen LogP contribution is -2.40. The molecule has 1 saturated heterocycles. The SMILES string of the molecule is CCN1CCC[C@@H]1CNC(=O)c1n[nH]c2c1CN(C(=O)c1cc3ccccc3c(Cl)c1OC)C2. The predicted molar refractivity (Wildman–Crippen MR) is 130 cm³/mol. The Balaban J connectivity index is 1.33. The summed E-state index contributed by atoms with van der Waals surface area (Å²) in [4.78, 5) is 30.5. The third-order valence-electron chi connectivity index (χ3n) is 6.93. The van der Waals surface area contributed by atoms with Gasteiger partial charge in [0.15, 0.2) is 11.4 Å². The van der Waals surface area contributed by atoms with E-state index in [-0.39, 0.29) is 11.8 Å². The average molecular weight is 482 g/mol. The number of rotatable bonds is 6. The molecule has 2 N–H and O–H groups in total. The number of H-pyrrole nitrogens is 1. The van der Waals surface area contributed by atoms with Crippen molar-refractivity contribution in [2.45, 2.75) is 38.9 Å². The van der Waals surface area contributed by atoms with Crippen molar-refractivity contribution in [1.82, 2.24) is 25.3 Å². The quantitative estimate of drug-likeness (QED) is 0.561. The maximum atomic E-state index is 13.5. The molecule has 0 radical (unpaired) electrons. The number of likely N-dealkylation sites (tertiary alicyclic amines) is 1. The number of aromatic nitrogens is 2. The Morgan fingerprint density at radius 2 is 2.12 bits per heavy atom. The lowest BCUT2D eigenvalue weighted by atomic mass is 10.0. The topological polar surface area (TPSA) is 90.6 Å². The Labute approximate surface area is 203 Å². The van der Waals surface area contributed by atoms with Crippen LogP contribution in [0.25, 0.3) is 10.8 Å². The number of hydrogen-bond acceptors (Lipinski definition) is 5. The zero-order valence-corrected chi connectivity index (χ0v) is 20.1. The van der Waals surface area contributed by atoms with Crippen molar-refractivity contribution in [3.63, 3.8) is 0 Å². The summed E-state index contributed by atoms with van der Waals surface area (Å²) in [5.41, 5.74) is 2.29. The van der Waals surface area contributed by atoms with E-state index in [1.807, 2.05) is 30.3 Å². The zero-order chi connectivity index (χ0) is 23.8. The number of benzene rings is 2. The molecule has 1 aromatic heterocycles. The van der Waals surface area contributed by atoms with E-state index in [0.717, 1.165) is 48.0 Å². The summed E-state index contributed by atoms with van der Waals surface area (Å²) in [5.74, 6) is -0.0554. The van der Waals surface area contributed by atoms with Gasteiger partial charge >= 0.3 is 0 Å². The lowest BCUT2D eigenvalue weighted by molar-refractivity contribution is 0.0743. The number of amides is 2.